The molecule has 0 spiro atoms. The van der Waals surface area contributed by atoms with Crippen LogP contribution in [0.4, 0.5) is 5.69 Å². The third kappa shape index (κ3) is 1.98. The van der Waals surface area contributed by atoms with Gasteiger partial charge in [0.15, 0.2) is 0 Å². The minimum absolute atomic E-state index is 0.154. The van der Waals surface area contributed by atoms with E-state index >= 15 is 0 Å². The van der Waals surface area contributed by atoms with E-state index in [2.05, 4.69) is 5.32 Å². The van der Waals surface area contributed by atoms with E-state index in [1.165, 1.54) is 6.92 Å². The van der Waals surface area contributed by atoms with E-state index in [0.29, 0.717) is 17.9 Å². The van der Waals surface area contributed by atoms with Crippen molar-refractivity contribution in [3.05, 3.63) is 29.3 Å². The summed E-state index contributed by atoms with van der Waals surface area (Å²) < 4.78 is 4.91. The largest absolute Gasteiger partial charge is 0.462 e. The number of cyclic esters (lactones) is 1. The number of benzene rings is 1. The average molecular weight is 205 g/mol. The number of hydrogen-bond donors (Lipinski definition) is 1. The van der Waals surface area contributed by atoms with Gasteiger partial charge in [0, 0.05) is 19.0 Å². The molecule has 1 heterocycles. The minimum Gasteiger partial charge on any atom is -0.462 e. The van der Waals surface area contributed by atoms with Crippen LogP contribution in [0.25, 0.3) is 0 Å². The van der Waals surface area contributed by atoms with E-state index < -0.39 is 0 Å². The quantitative estimate of drug-likeness (QED) is 0.704. The number of carbonyl (C=O) groups is 2. The van der Waals surface area contributed by atoms with E-state index in [1.807, 2.05) is 6.07 Å². The molecule has 0 aliphatic carbocycles. The summed E-state index contributed by atoms with van der Waals surface area (Å²) >= 11 is 0. The van der Waals surface area contributed by atoms with Crippen LogP contribution in [0.15, 0.2) is 18.2 Å². The zero-order chi connectivity index (χ0) is 10.8. The Balaban J connectivity index is 2.35. The van der Waals surface area contributed by atoms with Gasteiger partial charge in [0.2, 0.25) is 5.91 Å². The molecular formula is C11H11NO3. The number of fused-ring (bicyclic) bond motifs is 1. The molecule has 1 aliphatic rings. The maximum absolute atomic E-state index is 11.4. The molecule has 1 aromatic rings. The van der Waals surface area contributed by atoms with E-state index in [-0.39, 0.29) is 11.9 Å². The van der Waals surface area contributed by atoms with Crippen LogP contribution in [0.2, 0.25) is 0 Å². The predicted molar refractivity (Wildman–Crippen MR) is 54.7 cm³/mol. The van der Waals surface area contributed by atoms with Crippen LogP contribution in [-0.2, 0) is 16.0 Å². The van der Waals surface area contributed by atoms with Crippen LogP contribution in [0.1, 0.15) is 22.8 Å². The second-order valence-electron chi connectivity index (χ2n) is 3.44. The highest BCUT2D eigenvalue weighted by molar-refractivity contribution is 5.95. The monoisotopic (exact) mass is 205 g/mol. The highest BCUT2D eigenvalue weighted by Crippen LogP contribution is 2.20. The Labute approximate surface area is 87.2 Å². The van der Waals surface area contributed by atoms with Crippen molar-refractivity contribution in [3.63, 3.8) is 0 Å². The molecule has 1 N–H and O–H groups in total. The fraction of sp³-hybridized carbons (Fsp3) is 0.273. The van der Waals surface area contributed by atoms with Crippen LogP contribution in [0.3, 0.4) is 0 Å². The van der Waals surface area contributed by atoms with Crippen molar-refractivity contribution in [2.45, 2.75) is 13.3 Å². The van der Waals surface area contributed by atoms with Crippen LogP contribution in [0, 0.1) is 0 Å². The van der Waals surface area contributed by atoms with Gasteiger partial charge in [-0.15, -0.1) is 0 Å². The lowest BCUT2D eigenvalue weighted by Crippen LogP contribution is -2.18. The first-order valence-electron chi connectivity index (χ1n) is 4.74. The number of hydrogen-bond acceptors (Lipinski definition) is 3. The summed E-state index contributed by atoms with van der Waals surface area (Å²) in [5, 5.41) is 2.63. The van der Waals surface area contributed by atoms with Crippen LogP contribution in [-0.4, -0.2) is 18.5 Å². The number of ether oxygens (including phenoxy) is 1. The highest BCUT2D eigenvalue weighted by Gasteiger charge is 2.18. The first-order valence-corrected chi connectivity index (χ1v) is 4.74. The molecule has 1 amide bonds. The second-order valence-corrected chi connectivity index (χ2v) is 3.44. The van der Waals surface area contributed by atoms with Crippen molar-refractivity contribution in [2.24, 2.45) is 0 Å². The number of amides is 1. The summed E-state index contributed by atoms with van der Waals surface area (Å²) in [6.07, 6.45) is 0.738. The summed E-state index contributed by atoms with van der Waals surface area (Å²) in [4.78, 5) is 22.2. The van der Waals surface area contributed by atoms with Gasteiger partial charge in [-0.1, -0.05) is 6.07 Å². The van der Waals surface area contributed by atoms with Gasteiger partial charge in [0.1, 0.15) is 0 Å². The van der Waals surface area contributed by atoms with Crippen molar-refractivity contribution in [2.75, 3.05) is 11.9 Å². The molecule has 0 bridgehead atoms. The summed E-state index contributed by atoms with van der Waals surface area (Å²) in [6, 6.07) is 5.29. The second kappa shape index (κ2) is 3.73. The summed E-state index contributed by atoms with van der Waals surface area (Å²) in [5.41, 5.74) is 2.15. The Kier molecular flexibility index (Phi) is 2.41. The summed E-state index contributed by atoms with van der Waals surface area (Å²) in [6.45, 7) is 1.86. The predicted octanol–water partition coefficient (Wildman–Crippen LogP) is 1.36. The van der Waals surface area contributed by atoms with E-state index in [0.717, 1.165) is 12.0 Å². The zero-order valence-electron chi connectivity index (χ0n) is 8.37. The Morgan fingerprint density at radius 3 is 3.00 bits per heavy atom. The standard InChI is InChI=1S/C11H11NO3/c1-7(13)12-9-3-2-8-4-5-15-11(14)10(8)6-9/h2-3,6H,4-5H2,1H3,(H,12,13). The Bertz CT molecular complexity index is 426. The molecule has 15 heavy (non-hydrogen) atoms. The SMILES string of the molecule is CC(=O)Nc1ccc2c(c1)C(=O)OCC2. The first-order chi connectivity index (χ1) is 7.16. The molecule has 0 fully saturated rings. The molecule has 0 atom stereocenters. The number of anilines is 1. The van der Waals surface area contributed by atoms with E-state index in [1.54, 1.807) is 12.1 Å². The number of nitrogens with one attached hydrogen (secondary N) is 1. The van der Waals surface area contributed by atoms with Gasteiger partial charge in [0.05, 0.1) is 12.2 Å². The summed E-state index contributed by atoms with van der Waals surface area (Å²) in [5.74, 6) is -0.470. The van der Waals surface area contributed by atoms with Crippen molar-refractivity contribution in [1.29, 1.82) is 0 Å². The van der Waals surface area contributed by atoms with Gasteiger partial charge in [-0.2, -0.15) is 0 Å². The van der Waals surface area contributed by atoms with Gasteiger partial charge in [-0.3, -0.25) is 4.79 Å². The number of carbonyl (C=O) groups excluding carboxylic acids is 2. The van der Waals surface area contributed by atoms with Gasteiger partial charge in [-0.25, -0.2) is 4.79 Å². The van der Waals surface area contributed by atoms with Gasteiger partial charge in [-0.05, 0) is 17.7 Å². The zero-order valence-corrected chi connectivity index (χ0v) is 8.37. The topological polar surface area (TPSA) is 55.4 Å². The molecule has 2 rings (SSSR count). The van der Waals surface area contributed by atoms with Crippen molar-refractivity contribution >= 4 is 17.6 Å². The van der Waals surface area contributed by atoms with Crippen molar-refractivity contribution in [1.82, 2.24) is 0 Å². The fourth-order valence-corrected chi connectivity index (χ4v) is 1.60. The Hall–Kier alpha value is -1.84. The molecule has 4 heteroatoms. The van der Waals surface area contributed by atoms with Crippen LogP contribution >= 0.6 is 0 Å². The van der Waals surface area contributed by atoms with E-state index in [9.17, 15) is 9.59 Å². The molecule has 0 saturated heterocycles. The number of esters is 1. The lowest BCUT2D eigenvalue weighted by atomic mass is 10.0. The average Bonchev–Trinajstić information content (AvgIpc) is 2.18. The Morgan fingerprint density at radius 1 is 1.47 bits per heavy atom. The lowest BCUT2D eigenvalue weighted by molar-refractivity contribution is -0.114. The van der Waals surface area contributed by atoms with Crippen LogP contribution < -0.4 is 5.32 Å². The van der Waals surface area contributed by atoms with Crippen LogP contribution in [0.5, 0.6) is 0 Å². The smallest absolute Gasteiger partial charge is 0.338 e. The summed E-state index contributed by atoms with van der Waals surface area (Å²) in [7, 11) is 0. The molecule has 0 saturated carbocycles. The van der Waals surface area contributed by atoms with Gasteiger partial charge >= 0.3 is 5.97 Å². The molecule has 0 unspecified atom stereocenters. The van der Waals surface area contributed by atoms with Crippen molar-refractivity contribution in [3.8, 4) is 0 Å². The molecule has 1 aliphatic heterocycles. The first kappa shape index (κ1) is 9.71. The molecule has 1 aromatic carbocycles. The third-order valence-electron chi connectivity index (χ3n) is 2.25. The maximum atomic E-state index is 11.4. The van der Waals surface area contributed by atoms with Gasteiger partial charge < -0.3 is 10.1 Å². The minimum atomic E-state index is -0.316. The Morgan fingerprint density at radius 2 is 2.27 bits per heavy atom. The lowest BCUT2D eigenvalue weighted by Gasteiger charge is -2.16. The molecule has 78 valence electrons. The third-order valence-corrected chi connectivity index (χ3v) is 2.25. The molecular weight excluding hydrogens is 194 g/mol. The highest BCUT2D eigenvalue weighted by atomic mass is 16.5. The normalized spacial score (nSPS) is 14.1. The maximum Gasteiger partial charge on any atom is 0.338 e. The molecule has 0 aromatic heterocycles. The van der Waals surface area contributed by atoms with Gasteiger partial charge in [0.25, 0.3) is 0 Å². The molecule has 0 radical (unpaired) electrons. The molecule has 4 nitrogen and oxygen atoms in total. The van der Waals surface area contributed by atoms with Crippen molar-refractivity contribution < 1.29 is 14.3 Å². The van der Waals surface area contributed by atoms with E-state index in [4.69, 9.17) is 4.74 Å². The fourth-order valence-electron chi connectivity index (χ4n) is 1.60. The number of rotatable bonds is 1.